The van der Waals surface area contributed by atoms with Crippen molar-refractivity contribution in [1.29, 1.82) is 0 Å². The van der Waals surface area contributed by atoms with E-state index in [-0.39, 0.29) is 5.02 Å². The van der Waals surface area contributed by atoms with Crippen molar-refractivity contribution < 1.29 is 14.3 Å². The van der Waals surface area contributed by atoms with Crippen molar-refractivity contribution in [3.05, 3.63) is 55.1 Å². The second-order valence-corrected chi connectivity index (χ2v) is 6.80. The molecule has 0 saturated carbocycles. The Morgan fingerprint density at radius 1 is 1.32 bits per heavy atom. The molecule has 8 heteroatoms. The van der Waals surface area contributed by atoms with Gasteiger partial charge in [-0.3, -0.25) is 4.79 Å². The van der Waals surface area contributed by atoms with E-state index in [2.05, 4.69) is 33.1 Å². The van der Waals surface area contributed by atoms with E-state index in [1.54, 1.807) is 25.3 Å². The van der Waals surface area contributed by atoms with E-state index in [4.69, 9.17) is 32.7 Å². The highest BCUT2D eigenvalue weighted by atomic mass is 127. The number of carbonyl (C=O) groups excluding carboxylic acids is 1. The number of hydrazone groups is 1. The Hall–Kier alpha value is -1.51. The molecular formula is C17H15Cl2IN2O3. The van der Waals surface area contributed by atoms with E-state index in [1.807, 2.05) is 13.0 Å². The Kier molecular flexibility index (Phi) is 7.34. The van der Waals surface area contributed by atoms with Crippen LogP contribution in [0.5, 0.6) is 11.5 Å². The highest BCUT2D eigenvalue weighted by molar-refractivity contribution is 14.1. The van der Waals surface area contributed by atoms with Crippen LogP contribution in [0.25, 0.3) is 0 Å². The number of ether oxygens (including phenoxy) is 2. The van der Waals surface area contributed by atoms with Gasteiger partial charge in [0.25, 0.3) is 5.91 Å². The zero-order valence-corrected chi connectivity index (χ0v) is 17.1. The molecule has 5 nitrogen and oxygen atoms in total. The molecule has 0 spiro atoms. The normalized spacial score (nSPS) is 10.8. The number of methoxy groups -OCH3 is 1. The Morgan fingerprint density at radius 2 is 2.08 bits per heavy atom. The van der Waals surface area contributed by atoms with Gasteiger partial charge in [0.2, 0.25) is 0 Å². The van der Waals surface area contributed by atoms with Crippen LogP contribution in [0.15, 0.2) is 35.4 Å². The molecule has 0 aromatic heterocycles. The Labute approximate surface area is 169 Å². The van der Waals surface area contributed by atoms with Crippen molar-refractivity contribution in [1.82, 2.24) is 5.43 Å². The van der Waals surface area contributed by atoms with E-state index in [0.717, 1.165) is 9.13 Å². The summed E-state index contributed by atoms with van der Waals surface area (Å²) in [6.45, 7) is 2.44. The maximum absolute atomic E-state index is 12.1. The molecule has 0 unspecified atom stereocenters. The number of halogens is 3. The average Bonchev–Trinajstić information content (AvgIpc) is 2.56. The van der Waals surface area contributed by atoms with E-state index in [1.165, 1.54) is 12.3 Å². The lowest BCUT2D eigenvalue weighted by atomic mass is 10.2. The number of nitrogens with zero attached hydrogens (tertiary/aromatic N) is 1. The molecule has 1 amide bonds. The fraction of sp³-hybridized carbons (Fsp3) is 0.176. The fourth-order valence-corrected chi connectivity index (χ4v) is 3.27. The highest BCUT2D eigenvalue weighted by Crippen LogP contribution is 2.33. The zero-order chi connectivity index (χ0) is 18.4. The molecule has 1 N–H and O–H groups in total. The van der Waals surface area contributed by atoms with Crippen molar-refractivity contribution >= 4 is 57.9 Å². The van der Waals surface area contributed by atoms with Crippen molar-refractivity contribution in [3.63, 3.8) is 0 Å². The van der Waals surface area contributed by atoms with Crippen LogP contribution >= 0.6 is 45.8 Å². The Bertz CT molecular complexity index is 813. The fourth-order valence-electron chi connectivity index (χ4n) is 2.00. The predicted molar refractivity (Wildman–Crippen MR) is 108 cm³/mol. The number of hydrogen-bond donors (Lipinski definition) is 1. The predicted octanol–water partition coefficient (Wildman–Crippen LogP) is 4.77. The molecule has 132 valence electrons. The van der Waals surface area contributed by atoms with Gasteiger partial charge in [0.1, 0.15) is 0 Å². The maximum atomic E-state index is 12.1. The molecule has 0 bridgehead atoms. The lowest BCUT2D eigenvalue weighted by molar-refractivity contribution is 0.0955. The molecule has 25 heavy (non-hydrogen) atoms. The van der Waals surface area contributed by atoms with Crippen LogP contribution in [-0.2, 0) is 0 Å². The number of benzene rings is 2. The third kappa shape index (κ3) is 5.23. The first-order chi connectivity index (χ1) is 12.0. The molecule has 2 aromatic rings. The second-order valence-electron chi connectivity index (χ2n) is 4.79. The van der Waals surface area contributed by atoms with Crippen LogP contribution in [0.1, 0.15) is 22.8 Å². The summed E-state index contributed by atoms with van der Waals surface area (Å²) in [6, 6.07) is 8.28. The van der Waals surface area contributed by atoms with E-state index < -0.39 is 5.91 Å². The molecule has 0 aliphatic rings. The number of hydrogen-bond acceptors (Lipinski definition) is 4. The van der Waals surface area contributed by atoms with Crippen LogP contribution in [-0.4, -0.2) is 25.8 Å². The summed E-state index contributed by atoms with van der Waals surface area (Å²) < 4.78 is 11.8. The van der Waals surface area contributed by atoms with Crippen LogP contribution < -0.4 is 14.9 Å². The minimum absolute atomic E-state index is 0.262. The SMILES string of the molecule is CCOc1c(I)cc(/C=N\NC(=O)c2ccc(Cl)cc2Cl)cc1OC. The monoisotopic (exact) mass is 492 g/mol. The molecule has 0 aliphatic heterocycles. The summed E-state index contributed by atoms with van der Waals surface area (Å²) in [5.41, 5.74) is 3.48. The minimum Gasteiger partial charge on any atom is -0.493 e. The van der Waals surface area contributed by atoms with Crippen LogP contribution in [0.4, 0.5) is 0 Å². The van der Waals surface area contributed by atoms with Gasteiger partial charge in [-0.05, 0) is 65.4 Å². The van der Waals surface area contributed by atoms with Crippen molar-refractivity contribution in [3.8, 4) is 11.5 Å². The minimum atomic E-state index is -0.425. The van der Waals surface area contributed by atoms with Gasteiger partial charge in [0.15, 0.2) is 11.5 Å². The summed E-state index contributed by atoms with van der Waals surface area (Å²) in [4.78, 5) is 12.1. The van der Waals surface area contributed by atoms with E-state index in [0.29, 0.717) is 28.7 Å². The van der Waals surface area contributed by atoms with E-state index >= 15 is 0 Å². The van der Waals surface area contributed by atoms with Crippen molar-refractivity contribution in [2.45, 2.75) is 6.92 Å². The van der Waals surface area contributed by atoms with Gasteiger partial charge in [-0.1, -0.05) is 23.2 Å². The van der Waals surface area contributed by atoms with Gasteiger partial charge in [-0.2, -0.15) is 5.10 Å². The summed E-state index contributed by atoms with van der Waals surface area (Å²) >= 11 is 14.0. The average molecular weight is 493 g/mol. The Balaban J connectivity index is 2.14. The molecule has 0 radical (unpaired) electrons. The lowest BCUT2D eigenvalue weighted by Gasteiger charge is -2.12. The molecule has 2 aromatic carbocycles. The lowest BCUT2D eigenvalue weighted by Crippen LogP contribution is -2.18. The van der Waals surface area contributed by atoms with Gasteiger partial charge in [-0.15, -0.1) is 0 Å². The molecule has 2 rings (SSSR count). The topological polar surface area (TPSA) is 59.9 Å². The molecule has 0 atom stereocenters. The maximum Gasteiger partial charge on any atom is 0.272 e. The standard InChI is InChI=1S/C17H15Cl2IN2O3/c1-3-25-16-14(20)6-10(7-15(16)24-2)9-21-22-17(23)12-5-4-11(18)8-13(12)19/h4-9H,3H2,1-2H3,(H,22,23)/b21-9-. The van der Waals surface area contributed by atoms with E-state index in [9.17, 15) is 4.79 Å². The number of nitrogens with one attached hydrogen (secondary N) is 1. The third-order valence-electron chi connectivity index (χ3n) is 3.10. The number of rotatable bonds is 6. The van der Waals surface area contributed by atoms with Gasteiger partial charge in [-0.25, -0.2) is 5.43 Å². The smallest absolute Gasteiger partial charge is 0.272 e. The largest absolute Gasteiger partial charge is 0.493 e. The van der Waals surface area contributed by atoms with Crippen molar-refractivity contribution in [2.75, 3.05) is 13.7 Å². The Morgan fingerprint density at radius 3 is 2.72 bits per heavy atom. The summed E-state index contributed by atoms with van der Waals surface area (Å²) in [6.07, 6.45) is 1.52. The zero-order valence-electron chi connectivity index (χ0n) is 13.5. The number of amides is 1. The molecular weight excluding hydrogens is 478 g/mol. The van der Waals surface area contributed by atoms with Gasteiger partial charge in [0, 0.05) is 5.02 Å². The molecule has 0 saturated heterocycles. The first kappa shape index (κ1) is 19.8. The van der Waals surface area contributed by atoms with Gasteiger partial charge >= 0.3 is 0 Å². The third-order valence-corrected chi connectivity index (χ3v) is 4.45. The molecule has 0 aliphatic carbocycles. The number of carbonyl (C=O) groups is 1. The van der Waals surface area contributed by atoms with Crippen molar-refractivity contribution in [2.24, 2.45) is 5.10 Å². The van der Waals surface area contributed by atoms with Crippen LogP contribution in [0.2, 0.25) is 10.0 Å². The van der Waals surface area contributed by atoms with Crippen LogP contribution in [0.3, 0.4) is 0 Å². The first-order valence-corrected chi connectivity index (χ1v) is 9.08. The second kappa shape index (κ2) is 9.26. The molecule has 0 fully saturated rings. The quantitative estimate of drug-likeness (QED) is 0.359. The van der Waals surface area contributed by atoms with Crippen LogP contribution in [0, 0.1) is 3.57 Å². The summed E-state index contributed by atoms with van der Waals surface area (Å²) in [7, 11) is 1.57. The first-order valence-electron chi connectivity index (χ1n) is 7.25. The molecule has 0 heterocycles. The summed E-state index contributed by atoms with van der Waals surface area (Å²) in [5, 5.41) is 4.68. The summed E-state index contributed by atoms with van der Waals surface area (Å²) in [5.74, 6) is 0.854. The highest BCUT2D eigenvalue weighted by Gasteiger charge is 2.11. The van der Waals surface area contributed by atoms with Gasteiger partial charge in [0.05, 0.1) is 34.1 Å². The van der Waals surface area contributed by atoms with Gasteiger partial charge < -0.3 is 9.47 Å².